The summed E-state index contributed by atoms with van der Waals surface area (Å²) in [7, 11) is 0. The minimum atomic E-state index is -0.172. The molecule has 0 aliphatic heterocycles. The van der Waals surface area contributed by atoms with Crippen molar-refractivity contribution in [3.63, 3.8) is 0 Å². The van der Waals surface area contributed by atoms with Crippen molar-refractivity contribution in [2.45, 2.75) is 19.8 Å². The van der Waals surface area contributed by atoms with Gasteiger partial charge in [0.2, 0.25) is 11.8 Å². The Morgan fingerprint density at radius 1 is 1.08 bits per heavy atom. The smallest absolute Gasteiger partial charge is 0.243 e. The second-order valence-corrected chi connectivity index (χ2v) is 6.59. The summed E-state index contributed by atoms with van der Waals surface area (Å²) in [5.41, 5.74) is 3.15. The molecule has 1 aliphatic carbocycles. The zero-order valence-electron chi connectivity index (χ0n) is 13.9. The van der Waals surface area contributed by atoms with Crippen LogP contribution in [0.5, 0.6) is 0 Å². The number of anilines is 3. The highest BCUT2D eigenvalue weighted by atomic mass is 35.5. The summed E-state index contributed by atoms with van der Waals surface area (Å²) < 4.78 is 0. The number of halogens is 1. The van der Waals surface area contributed by atoms with Crippen LogP contribution in [-0.4, -0.2) is 18.4 Å². The Labute approximate surface area is 151 Å². The maximum absolute atomic E-state index is 12.1. The van der Waals surface area contributed by atoms with Gasteiger partial charge in [-0.2, -0.15) is 0 Å². The first-order valence-corrected chi connectivity index (χ1v) is 8.60. The molecule has 130 valence electrons. The summed E-state index contributed by atoms with van der Waals surface area (Å²) in [5, 5.41) is 9.42. The number of carbonyl (C=O) groups excluding carboxylic acids is 2. The van der Waals surface area contributed by atoms with Crippen LogP contribution in [0.2, 0.25) is 5.02 Å². The topological polar surface area (TPSA) is 70.2 Å². The molecule has 1 aliphatic rings. The van der Waals surface area contributed by atoms with Crippen molar-refractivity contribution in [3.05, 3.63) is 53.1 Å². The number of nitrogens with one attached hydrogen (secondary N) is 3. The molecule has 2 amide bonds. The average Bonchev–Trinajstić information content (AvgIpc) is 3.40. The van der Waals surface area contributed by atoms with E-state index in [0.29, 0.717) is 10.7 Å². The average molecular weight is 358 g/mol. The Morgan fingerprint density at radius 3 is 2.52 bits per heavy atom. The molecular weight excluding hydrogens is 338 g/mol. The third kappa shape index (κ3) is 4.73. The van der Waals surface area contributed by atoms with Crippen LogP contribution in [0.3, 0.4) is 0 Å². The first kappa shape index (κ1) is 17.3. The monoisotopic (exact) mass is 357 g/mol. The van der Waals surface area contributed by atoms with Crippen LogP contribution in [-0.2, 0) is 9.59 Å². The molecular formula is C19H20ClN3O2. The van der Waals surface area contributed by atoms with Gasteiger partial charge in [0.15, 0.2) is 0 Å². The quantitative estimate of drug-likeness (QED) is 0.730. The van der Waals surface area contributed by atoms with Crippen LogP contribution >= 0.6 is 11.6 Å². The predicted octanol–water partition coefficient (Wildman–Crippen LogP) is 4.05. The van der Waals surface area contributed by atoms with E-state index in [0.717, 1.165) is 29.8 Å². The lowest BCUT2D eigenvalue weighted by atomic mass is 10.1. The van der Waals surface area contributed by atoms with Crippen LogP contribution in [0.1, 0.15) is 18.4 Å². The molecule has 2 aromatic carbocycles. The van der Waals surface area contributed by atoms with Crippen molar-refractivity contribution in [2.75, 3.05) is 22.5 Å². The van der Waals surface area contributed by atoms with Gasteiger partial charge < -0.3 is 16.0 Å². The number of amides is 2. The largest absolute Gasteiger partial charge is 0.376 e. The zero-order chi connectivity index (χ0) is 17.8. The molecule has 2 aromatic rings. The molecule has 0 saturated heterocycles. The van der Waals surface area contributed by atoms with E-state index < -0.39 is 0 Å². The van der Waals surface area contributed by atoms with Crippen LogP contribution in [0.15, 0.2) is 42.5 Å². The lowest BCUT2D eigenvalue weighted by Gasteiger charge is -2.14. The number of hydrogen-bond donors (Lipinski definition) is 3. The van der Waals surface area contributed by atoms with Gasteiger partial charge in [0, 0.05) is 28.0 Å². The van der Waals surface area contributed by atoms with Crippen molar-refractivity contribution >= 4 is 40.5 Å². The molecule has 25 heavy (non-hydrogen) atoms. The number of hydrogen-bond acceptors (Lipinski definition) is 3. The van der Waals surface area contributed by atoms with Gasteiger partial charge in [-0.15, -0.1) is 0 Å². The maximum atomic E-state index is 12.1. The second-order valence-electron chi connectivity index (χ2n) is 6.15. The molecule has 0 bridgehead atoms. The highest BCUT2D eigenvalue weighted by Crippen LogP contribution is 2.31. The van der Waals surface area contributed by atoms with Crippen molar-refractivity contribution in [1.29, 1.82) is 0 Å². The van der Waals surface area contributed by atoms with Crippen molar-refractivity contribution in [2.24, 2.45) is 5.92 Å². The highest BCUT2D eigenvalue weighted by Gasteiger charge is 2.29. The summed E-state index contributed by atoms with van der Waals surface area (Å²) in [5.74, 6) is 0.0486. The Kier molecular flexibility index (Phi) is 5.24. The molecule has 5 nitrogen and oxygen atoms in total. The lowest BCUT2D eigenvalue weighted by molar-refractivity contribution is -0.117. The number of benzene rings is 2. The fourth-order valence-electron chi connectivity index (χ4n) is 2.49. The lowest BCUT2D eigenvalue weighted by Crippen LogP contribution is -2.22. The van der Waals surface area contributed by atoms with Gasteiger partial charge in [-0.3, -0.25) is 9.59 Å². The Balaban J connectivity index is 1.58. The van der Waals surface area contributed by atoms with Gasteiger partial charge in [0.1, 0.15) is 0 Å². The van der Waals surface area contributed by atoms with E-state index in [4.69, 9.17) is 11.6 Å². The van der Waals surface area contributed by atoms with Gasteiger partial charge in [0.25, 0.3) is 0 Å². The molecule has 6 heteroatoms. The predicted molar refractivity (Wildman–Crippen MR) is 101 cm³/mol. The van der Waals surface area contributed by atoms with Gasteiger partial charge in [0.05, 0.1) is 6.54 Å². The van der Waals surface area contributed by atoms with Crippen LogP contribution < -0.4 is 16.0 Å². The second kappa shape index (κ2) is 7.57. The van der Waals surface area contributed by atoms with E-state index in [1.165, 1.54) is 0 Å². The Hall–Kier alpha value is -2.53. The van der Waals surface area contributed by atoms with Crippen molar-refractivity contribution in [3.8, 4) is 0 Å². The third-order valence-electron chi connectivity index (χ3n) is 4.09. The van der Waals surface area contributed by atoms with Crippen molar-refractivity contribution in [1.82, 2.24) is 0 Å². The normalized spacial score (nSPS) is 13.2. The summed E-state index contributed by atoms with van der Waals surface area (Å²) in [6, 6.07) is 12.6. The molecule has 1 fully saturated rings. The van der Waals surface area contributed by atoms with E-state index in [-0.39, 0.29) is 24.3 Å². The minimum Gasteiger partial charge on any atom is -0.376 e. The number of carbonyl (C=O) groups is 2. The fraction of sp³-hybridized carbons (Fsp3) is 0.263. The minimum absolute atomic E-state index is 0.0685. The molecule has 0 heterocycles. The van der Waals surface area contributed by atoms with Crippen LogP contribution in [0.25, 0.3) is 0 Å². The first-order valence-electron chi connectivity index (χ1n) is 8.22. The molecule has 3 rings (SSSR count). The summed E-state index contributed by atoms with van der Waals surface area (Å²) in [4.78, 5) is 24.0. The molecule has 0 radical (unpaired) electrons. The van der Waals surface area contributed by atoms with Gasteiger partial charge >= 0.3 is 0 Å². The van der Waals surface area contributed by atoms with Crippen LogP contribution in [0.4, 0.5) is 17.1 Å². The first-order chi connectivity index (χ1) is 12.0. The molecule has 0 atom stereocenters. The maximum Gasteiger partial charge on any atom is 0.243 e. The van der Waals surface area contributed by atoms with Gasteiger partial charge in [-0.05, 0) is 55.7 Å². The molecule has 1 saturated carbocycles. The zero-order valence-corrected chi connectivity index (χ0v) is 14.7. The SMILES string of the molecule is Cc1c(NCC(=O)Nc2cccc(Cl)c2)cccc1NC(=O)C1CC1. The summed E-state index contributed by atoms with van der Waals surface area (Å²) >= 11 is 5.91. The van der Waals surface area contributed by atoms with E-state index in [1.54, 1.807) is 24.3 Å². The Bertz CT molecular complexity index is 803. The van der Waals surface area contributed by atoms with E-state index in [9.17, 15) is 9.59 Å². The molecule has 3 N–H and O–H groups in total. The highest BCUT2D eigenvalue weighted by molar-refractivity contribution is 6.30. The van der Waals surface area contributed by atoms with E-state index in [2.05, 4.69) is 16.0 Å². The van der Waals surface area contributed by atoms with E-state index in [1.807, 2.05) is 25.1 Å². The van der Waals surface area contributed by atoms with Gasteiger partial charge in [-0.25, -0.2) is 0 Å². The standard InChI is InChI=1S/C19H20ClN3O2/c1-12-16(6-3-7-17(12)23-19(25)13-8-9-13)21-11-18(24)22-15-5-2-4-14(20)10-15/h2-7,10,13,21H,8-9,11H2,1H3,(H,22,24)(H,23,25). The fourth-order valence-corrected chi connectivity index (χ4v) is 2.68. The molecule has 0 aromatic heterocycles. The Morgan fingerprint density at radius 2 is 1.80 bits per heavy atom. The molecule has 0 unspecified atom stereocenters. The van der Waals surface area contributed by atoms with Crippen LogP contribution in [0, 0.1) is 12.8 Å². The molecule has 0 spiro atoms. The number of rotatable bonds is 6. The van der Waals surface area contributed by atoms with E-state index >= 15 is 0 Å². The summed E-state index contributed by atoms with van der Waals surface area (Å²) in [6.07, 6.45) is 1.93. The summed E-state index contributed by atoms with van der Waals surface area (Å²) in [6.45, 7) is 2.03. The third-order valence-corrected chi connectivity index (χ3v) is 4.32. The van der Waals surface area contributed by atoms with Crippen molar-refractivity contribution < 1.29 is 9.59 Å². The van der Waals surface area contributed by atoms with Gasteiger partial charge in [-0.1, -0.05) is 23.7 Å².